The van der Waals surface area contributed by atoms with Crippen LogP contribution in [0.15, 0.2) is 0 Å². The van der Waals surface area contributed by atoms with Crippen LogP contribution in [0.4, 0.5) is 0 Å². The zero-order valence-electron chi connectivity index (χ0n) is 6.88. The first-order valence-corrected chi connectivity index (χ1v) is 3.84. The summed E-state index contributed by atoms with van der Waals surface area (Å²) in [4.78, 5) is 0. The first-order chi connectivity index (χ1) is 5.69. The summed E-state index contributed by atoms with van der Waals surface area (Å²) in [5.74, 6) is 0. The second kappa shape index (κ2) is 4.15. The maximum absolute atomic E-state index is 9.27. The van der Waals surface area contributed by atoms with Gasteiger partial charge in [0.2, 0.25) is 0 Å². The molecule has 0 aromatic carbocycles. The molecule has 0 saturated carbocycles. The third-order valence-corrected chi connectivity index (χ3v) is 1.94. The lowest BCUT2D eigenvalue weighted by Gasteiger charge is -2.35. The van der Waals surface area contributed by atoms with Gasteiger partial charge in [-0.25, -0.2) is 0 Å². The molecule has 1 aliphatic rings. The SMILES string of the molecule is CO[C@H]1OC(CO)C[C@@H](O)C1O. The molecular formula is C7H14O5. The van der Waals surface area contributed by atoms with Crippen molar-refractivity contribution in [2.24, 2.45) is 0 Å². The number of hydrogen-bond donors (Lipinski definition) is 3. The van der Waals surface area contributed by atoms with Crippen molar-refractivity contribution < 1.29 is 24.8 Å². The Kier molecular flexibility index (Phi) is 3.42. The van der Waals surface area contributed by atoms with Crippen molar-refractivity contribution in [2.75, 3.05) is 13.7 Å². The van der Waals surface area contributed by atoms with E-state index in [9.17, 15) is 10.2 Å². The molecule has 0 aromatic heterocycles. The topological polar surface area (TPSA) is 79.2 Å². The predicted molar refractivity (Wildman–Crippen MR) is 39.4 cm³/mol. The van der Waals surface area contributed by atoms with Gasteiger partial charge in [0.05, 0.1) is 18.8 Å². The van der Waals surface area contributed by atoms with Crippen molar-refractivity contribution in [3.63, 3.8) is 0 Å². The normalized spacial score (nSPS) is 43.0. The molecule has 0 radical (unpaired) electrons. The minimum absolute atomic E-state index is 0.177. The Balaban J connectivity index is 2.52. The number of hydrogen-bond acceptors (Lipinski definition) is 5. The van der Waals surface area contributed by atoms with Crippen LogP contribution in [-0.4, -0.2) is 53.6 Å². The molecule has 12 heavy (non-hydrogen) atoms. The van der Waals surface area contributed by atoms with Gasteiger partial charge >= 0.3 is 0 Å². The average molecular weight is 178 g/mol. The molecule has 1 aliphatic heterocycles. The summed E-state index contributed by atoms with van der Waals surface area (Å²) in [6, 6.07) is 0. The third kappa shape index (κ3) is 1.94. The van der Waals surface area contributed by atoms with Gasteiger partial charge < -0.3 is 24.8 Å². The fourth-order valence-corrected chi connectivity index (χ4v) is 1.23. The second-order valence-electron chi connectivity index (χ2n) is 2.84. The summed E-state index contributed by atoms with van der Waals surface area (Å²) in [5.41, 5.74) is 0. The lowest BCUT2D eigenvalue weighted by atomic mass is 10.0. The van der Waals surface area contributed by atoms with Gasteiger partial charge in [-0.3, -0.25) is 0 Å². The Morgan fingerprint density at radius 3 is 2.67 bits per heavy atom. The Labute approximate surface area is 70.5 Å². The largest absolute Gasteiger partial charge is 0.394 e. The number of rotatable bonds is 2. The van der Waals surface area contributed by atoms with Gasteiger partial charge in [-0.1, -0.05) is 0 Å². The van der Waals surface area contributed by atoms with Gasteiger partial charge in [0.25, 0.3) is 0 Å². The van der Waals surface area contributed by atoms with Gasteiger partial charge in [0.1, 0.15) is 6.10 Å². The monoisotopic (exact) mass is 178 g/mol. The molecule has 2 unspecified atom stereocenters. The Morgan fingerprint density at radius 2 is 2.17 bits per heavy atom. The standard InChI is InChI=1S/C7H14O5/c1-11-7-6(10)5(9)2-4(3-8)12-7/h4-10H,2-3H2,1H3/t4?,5-,6?,7+/m1/s1. The molecule has 5 heteroatoms. The highest BCUT2D eigenvalue weighted by Crippen LogP contribution is 2.20. The zero-order valence-corrected chi connectivity index (χ0v) is 6.88. The minimum Gasteiger partial charge on any atom is -0.394 e. The first-order valence-electron chi connectivity index (χ1n) is 3.84. The van der Waals surface area contributed by atoms with E-state index in [4.69, 9.17) is 14.6 Å². The molecule has 1 rings (SSSR count). The summed E-state index contributed by atoms with van der Waals surface area (Å²) in [6.07, 6.45) is -2.98. The molecule has 0 amide bonds. The van der Waals surface area contributed by atoms with E-state index < -0.39 is 24.6 Å². The van der Waals surface area contributed by atoms with Gasteiger partial charge in [0, 0.05) is 13.5 Å². The van der Waals surface area contributed by atoms with E-state index in [0.29, 0.717) is 0 Å². The molecule has 0 spiro atoms. The Morgan fingerprint density at radius 1 is 1.50 bits per heavy atom. The van der Waals surface area contributed by atoms with Crippen LogP contribution >= 0.6 is 0 Å². The molecule has 0 aromatic rings. The Bertz CT molecular complexity index is 140. The number of ether oxygens (including phenoxy) is 2. The molecule has 0 bridgehead atoms. The van der Waals surface area contributed by atoms with Crippen molar-refractivity contribution in [3.05, 3.63) is 0 Å². The van der Waals surface area contributed by atoms with Crippen LogP contribution in [0, 0.1) is 0 Å². The van der Waals surface area contributed by atoms with E-state index in [1.165, 1.54) is 7.11 Å². The van der Waals surface area contributed by atoms with Crippen molar-refractivity contribution in [2.45, 2.75) is 31.0 Å². The Hall–Kier alpha value is -0.200. The summed E-state index contributed by atoms with van der Waals surface area (Å²) in [5, 5.41) is 27.3. The van der Waals surface area contributed by atoms with Gasteiger partial charge in [-0.05, 0) is 0 Å². The smallest absolute Gasteiger partial charge is 0.186 e. The molecular weight excluding hydrogens is 164 g/mol. The molecule has 72 valence electrons. The second-order valence-corrected chi connectivity index (χ2v) is 2.84. The molecule has 0 aliphatic carbocycles. The molecule has 4 atom stereocenters. The summed E-state index contributed by atoms with van der Waals surface area (Å²) >= 11 is 0. The van der Waals surface area contributed by atoms with Crippen LogP contribution in [0.25, 0.3) is 0 Å². The number of aliphatic hydroxyl groups is 3. The highest BCUT2D eigenvalue weighted by molar-refractivity contribution is 4.80. The van der Waals surface area contributed by atoms with E-state index in [1.807, 2.05) is 0 Å². The maximum atomic E-state index is 9.27. The fourth-order valence-electron chi connectivity index (χ4n) is 1.23. The van der Waals surface area contributed by atoms with E-state index in [2.05, 4.69) is 0 Å². The van der Waals surface area contributed by atoms with Crippen molar-refractivity contribution in [1.29, 1.82) is 0 Å². The summed E-state index contributed by atoms with van der Waals surface area (Å²) < 4.78 is 9.85. The zero-order chi connectivity index (χ0) is 9.14. The van der Waals surface area contributed by atoms with Gasteiger partial charge in [-0.15, -0.1) is 0 Å². The first kappa shape index (κ1) is 9.88. The molecule has 5 nitrogen and oxygen atoms in total. The maximum Gasteiger partial charge on any atom is 0.186 e. The predicted octanol–water partition coefficient (Wildman–Crippen LogP) is -1.54. The van der Waals surface area contributed by atoms with E-state index >= 15 is 0 Å². The number of aliphatic hydroxyl groups excluding tert-OH is 3. The molecule has 1 saturated heterocycles. The van der Waals surface area contributed by atoms with Crippen LogP contribution in [0.1, 0.15) is 6.42 Å². The van der Waals surface area contributed by atoms with Crippen LogP contribution < -0.4 is 0 Å². The minimum atomic E-state index is -1.03. The average Bonchev–Trinajstić information content (AvgIpc) is 2.09. The van der Waals surface area contributed by atoms with Gasteiger partial charge in [0.15, 0.2) is 6.29 Å². The van der Waals surface area contributed by atoms with Gasteiger partial charge in [-0.2, -0.15) is 0 Å². The molecule has 3 N–H and O–H groups in total. The highest BCUT2D eigenvalue weighted by Gasteiger charge is 2.36. The van der Waals surface area contributed by atoms with Crippen LogP contribution in [0.3, 0.4) is 0 Å². The number of methoxy groups -OCH3 is 1. The molecule has 1 fully saturated rings. The highest BCUT2D eigenvalue weighted by atomic mass is 16.7. The van der Waals surface area contributed by atoms with Crippen LogP contribution in [-0.2, 0) is 9.47 Å². The van der Waals surface area contributed by atoms with E-state index in [0.717, 1.165) is 0 Å². The lowest BCUT2D eigenvalue weighted by molar-refractivity contribution is -0.262. The summed E-state index contributed by atoms with van der Waals surface area (Å²) in [7, 11) is 1.38. The van der Waals surface area contributed by atoms with Crippen molar-refractivity contribution in [1.82, 2.24) is 0 Å². The van der Waals surface area contributed by atoms with E-state index in [-0.39, 0.29) is 13.0 Å². The van der Waals surface area contributed by atoms with Crippen LogP contribution in [0.5, 0.6) is 0 Å². The molecule has 1 heterocycles. The van der Waals surface area contributed by atoms with E-state index in [1.54, 1.807) is 0 Å². The third-order valence-electron chi connectivity index (χ3n) is 1.94. The fraction of sp³-hybridized carbons (Fsp3) is 1.00. The lowest BCUT2D eigenvalue weighted by Crippen LogP contribution is -2.49. The van der Waals surface area contributed by atoms with Crippen LogP contribution in [0.2, 0.25) is 0 Å². The van der Waals surface area contributed by atoms with Crippen molar-refractivity contribution in [3.8, 4) is 0 Å². The van der Waals surface area contributed by atoms with Crippen molar-refractivity contribution >= 4 is 0 Å². The quantitative estimate of drug-likeness (QED) is 0.477. The summed E-state index contributed by atoms with van der Waals surface area (Å²) in [6.45, 7) is -0.177.